The summed E-state index contributed by atoms with van der Waals surface area (Å²) in [5.74, 6) is 0. The first kappa shape index (κ1) is 8.52. The minimum absolute atomic E-state index is 0.0287. The van der Waals surface area contributed by atoms with Crippen LogP contribution in [0.3, 0.4) is 0 Å². The lowest BCUT2D eigenvalue weighted by atomic mass is 9.68. The Morgan fingerprint density at radius 1 is 1.17 bits per heavy atom. The second-order valence-corrected chi connectivity index (χ2v) is 4.40. The van der Waals surface area contributed by atoms with Gasteiger partial charge in [-0.3, -0.25) is 0 Å². The van der Waals surface area contributed by atoms with E-state index in [0.29, 0.717) is 0 Å². The van der Waals surface area contributed by atoms with Crippen molar-refractivity contribution in [2.75, 3.05) is 13.1 Å². The number of aliphatic hydroxyl groups is 1. The fraction of sp³-hybridized carbons (Fsp3) is 1.00. The highest BCUT2D eigenvalue weighted by Crippen LogP contribution is 2.41. The van der Waals surface area contributed by atoms with E-state index >= 15 is 0 Å². The van der Waals surface area contributed by atoms with Gasteiger partial charge in [-0.25, -0.2) is 0 Å². The van der Waals surface area contributed by atoms with E-state index in [9.17, 15) is 5.11 Å². The van der Waals surface area contributed by atoms with Crippen molar-refractivity contribution in [3.63, 3.8) is 0 Å². The van der Waals surface area contributed by atoms with E-state index in [1.54, 1.807) is 0 Å². The highest BCUT2D eigenvalue weighted by Gasteiger charge is 2.40. The standard InChI is InChI=1S/C10H19NO/c12-9-4-1-2-5-10(9)6-3-7-11-8-10/h9,11-12H,1-8H2/t9?,10-/m1/s1. The SMILES string of the molecule is OC1CCCC[C@]12CCCNC2. The number of aliphatic hydroxyl groups excluding tert-OH is 1. The van der Waals surface area contributed by atoms with Gasteiger partial charge in [0.15, 0.2) is 0 Å². The molecule has 0 aromatic rings. The van der Waals surface area contributed by atoms with Gasteiger partial charge < -0.3 is 10.4 Å². The molecule has 1 saturated carbocycles. The summed E-state index contributed by atoms with van der Waals surface area (Å²) in [7, 11) is 0. The molecule has 2 N–H and O–H groups in total. The molecule has 1 saturated heterocycles. The molecule has 2 nitrogen and oxygen atoms in total. The molecule has 2 atom stereocenters. The third-order valence-electron chi connectivity index (χ3n) is 3.61. The predicted molar refractivity (Wildman–Crippen MR) is 49.0 cm³/mol. The molecule has 0 aromatic heterocycles. The van der Waals surface area contributed by atoms with Crippen LogP contribution in [0.5, 0.6) is 0 Å². The highest BCUT2D eigenvalue weighted by atomic mass is 16.3. The van der Waals surface area contributed by atoms with Crippen LogP contribution in [0.2, 0.25) is 0 Å². The third kappa shape index (κ3) is 1.38. The van der Waals surface area contributed by atoms with E-state index in [0.717, 1.165) is 19.5 Å². The Balaban J connectivity index is 2.04. The highest BCUT2D eigenvalue weighted by molar-refractivity contribution is 4.93. The minimum Gasteiger partial charge on any atom is -0.393 e. The summed E-state index contributed by atoms with van der Waals surface area (Å²) in [5, 5.41) is 13.4. The maximum Gasteiger partial charge on any atom is 0.0608 e. The Labute approximate surface area is 74.4 Å². The first-order valence-corrected chi connectivity index (χ1v) is 5.22. The number of hydrogen-bond acceptors (Lipinski definition) is 2. The smallest absolute Gasteiger partial charge is 0.0608 e. The molecular weight excluding hydrogens is 150 g/mol. The van der Waals surface area contributed by atoms with Gasteiger partial charge in [-0.2, -0.15) is 0 Å². The quantitative estimate of drug-likeness (QED) is 0.572. The van der Waals surface area contributed by atoms with Gasteiger partial charge in [0.1, 0.15) is 0 Å². The van der Waals surface area contributed by atoms with E-state index in [1.165, 1.54) is 32.1 Å². The van der Waals surface area contributed by atoms with Crippen LogP contribution in [0.4, 0.5) is 0 Å². The van der Waals surface area contributed by atoms with E-state index < -0.39 is 0 Å². The molecule has 0 amide bonds. The zero-order chi connectivity index (χ0) is 8.44. The molecule has 1 aliphatic heterocycles. The molecule has 1 spiro atoms. The van der Waals surface area contributed by atoms with Gasteiger partial charge >= 0.3 is 0 Å². The first-order chi connectivity index (χ1) is 5.83. The summed E-state index contributed by atoms with van der Waals surface area (Å²) in [6, 6.07) is 0. The average Bonchev–Trinajstić information content (AvgIpc) is 2.12. The molecule has 1 heterocycles. The molecule has 2 rings (SSSR count). The van der Waals surface area contributed by atoms with Crippen molar-refractivity contribution < 1.29 is 5.11 Å². The second kappa shape index (κ2) is 3.35. The number of rotatable bonds is 0. The summed E-state index contributed by atoms with van der Waals surface area (Å²) in [6.45, 7) is 2.20. The lowest BCUT2D eigenvalue weighted by Crippen LogP contribution is -2.49. The Kier molecular flexibility index (Phi) is 2.37. The van der Waals surface area contributed by atoms with Crippen molar-refractivity contribution in [2.24, 2.45) is 5.41 Å². The fourth-order valence-electron chi connectivity index (χ4n) is 2.78. The van der Waals surface area contributed by atoms with Gasteiger partial charge in [-0.15, -0.1) is 0 Å². The first-order valence-electron chi connectivity index (χ1n) is 5.22. The Bertz CT molecular complexity index is 144. The van der Waals surface area contributed by atoms with Crippen LogP contribution in [0, 0.1) is 5.41 Å². The molecule has 1 unspecified atom stereocenters. The van der Waals surface area contributed by atoms with Gasteiger partial charge in [0, 0.05) is 12.0 Å². The molecule has 70 valence electrons. The van der Waals surface area contributed by atoms with Crippen LogP contribution in [-0.4, -0.2) is 24.3 Å². The van der Waals surface area contributed by atoms with Crippen LogP contribution < -0.4 is 5.32 Å². The lowest BCUT2D eigenvalue weighted by Gasteiger charge is -2.44. The molecule has 2 heteroatoms. The van der Waals surface area contributed by atoms with E-state index in [4.69, 9.17) is 0 Å². The zero-order valence-corrected chi connectivity index (χ0v) is 7.68. The second-order valence-electron chi connectivity index (χ2n) is 4.40. The molecule has 0 bridgehead atoms. The van der Waals surface area contributed by atoms with Crippen LogP contribution in [0.25, 0.3) is 0 Å². The summed E-state index contributed by atoms with van der Waals surface area (Å²) < 4.78 is 0. The van der Waals surface area contributed by atoms with Crippen LogP contribution in [0.15, 0.2) is 0 Å². The molecule has 2 fully saturated rings. The normalized spacial score (nSPS) is 43.2. The summed E-state index contributed by atoms with van der Waals surface area (Å²) in [4.78, 5) is 0. The van der Waals surface area contributed by atoms with Gasteiger partial charge in [0.2, 0.25) is 0 Å². The molecule has 2 aliphatic rings. The van der Waals surface area contributed by atoms with Crippen LogP contribution in [-0.2, 0) is 0 Å². The Hall–Kier alpha value is -0.0800. The van der Waals surface area contributed by atoms with E-state index in [1.807, 2.05) is 0 Å². The average molecular weight is 169 g/mol. The van der Waals surface area contributed by atoms with Crippen molar-refractivity contribution >= 4 is 0 Å². The van der Waals surface area contributed by atoms with E-state index in [2.05, 4.69) is 5.32 Å². The molecule has 0 radical (unpaired) electrons. The molecule has 12 heavy (non-hydrogen) atoms. The topological polar surface area (TPSA) is 32.3 Å². The maximum atomic E-state index is 9.94. The van der Waals surface area contributed by atoms with Crippen molar-refractivity contribution in [3.8, 4) is 0 Å². The van der Waals surface area contributed by atoms with Gasteiger partial charge in [0.25, 0.3) is 0 Å². The zero-order valence-electron chi connectivity index (χ0n) is 7.68. The van der Waals surface area contributed by atoms with Crippen molar-refractivity contribution in [2.45, 2.75) is 44.6 Å². The third-order valence-corrected chi connectivity index (χ3v) is 3.61. The molecule has 0 aromatic carbocycles. The van der Waals surface area contributed by atoms with Gasteiger partial charge in [-0.05, 0) is 32.2 Å². The van der Waals surface area contributed by atoms with Crippen molar-refractivity contribution in [1.29, 1.82) is 0 Å². The van der Waals surface area contributed by atoms with Crippen molar-refractivity contribution in [1.82, 2.24) is 5.32 Å². The van der Waals surface area contributed by atoms with Crippen LogP contribution >= 0.6 is 0 Å². The fourth-order valence-corrected chi connectivity index (χ4v) is 2.78. The Morgan fingerprint density at radius 2 is 2.00 bits per heavy atom. The largest absolute Gasteiger partial charge is 0.393 e. The number of hydrogen-bond donors (Lipinski definition) is 2. The van der Waals surface area contributed by atoms with Crippen LogP contribution in [0.1, 0.15) is 38.5 Å². The maximum absolute atomic E-state index is 9.94. The molecular formula is C10H19NO. The predicted octanol–water partition coefficient (Wildman–Crippen LogP) is 1.29. The summed E-state index contributed by atoms with van der Waals surface area (Å²) in [5.41, 5.74) is 0.260. The lowest BCUT2D eigenvalue weighted by molar-refractivity contribution is -0.0271. The number of nitrogens with one attached hydrogen (secondary N) is 1. The van der Waals surface area contributed by atoms with Gasteiger partial charge in [-0.1, -0.05) is 12.8 Å². The van der Waals surface area contributed by atoms with Crippen molar-refractivity contribution in [3.05, 3.63) is 0 Å². The number of piperidine rings is 1. The molecule has 1 aliphatic carbocycles. The Morgan fingerprint density at radius 3 is 2.67 bits per heavy atom. The summed E-state index contributed by atoms with van der Waals surface area (Å²) in [6.07, 6.45) is 7.27. The monoisotopic (exact) mass is 169 g/mol. The van der Waals surface area contributed by atoms with E-state index in [-0.39, 0.29) is 11.5 Å². The summed E-state index contributed by atoms with van der Waals surface area (Å²) >= 11 is 0. The van der Waals surface area contributed by atoms with Gasteiger partial charge in [0.05, 0.1) is 6.10 Å². The minimum atomic E-state index is -0.0287.